The van der Waals surface area contributed by atoms with Crippen molar-refractivity contribution in [2.45, 2.75) is 72.6 Å². The number of amides is 4. The Bertz CT molecular complexity index is 2750. The maximum absolute atomic E-state index is 13.8. The highest BCUT2D eigenvalue weighted by Crippen LogP contribution is 2.41. The number of carbonyl (C=O) groups is 2. The normalized spacial score (nSPS) is 20.3. The Morgan fingerprint density at radius 1 is 0.538 bits per heavy atom. The number of halogens is 4. The number of nitrogens with one attached hydrogen (secondary N) is 4. The van der Waals surface area contributed by atoms with Gasteiger partial charge < -0.3 is 50.0 Å². The summed E-state index contributed by atoms with van der Waals surface area (Å²) in [5.41, 5.74) is 5.80. The maximum atomic E-state index is 13.8. The summed E-state index contributed by atoms with van der Waals surface area (Å²) in [5, 5.41) is 13.4. The van der Waals surface area contributed by atoms with Gasteiger partial charge in [0.05, 0.1) is 61.6 Å². The molecule has 4 N–H and O–H groups in total. The highest BCUT2D eigenvalue weighted by atomic mass is 35.5. The van der Waals surface area contributed by atoms with Gasteiger partial charge in [-0.2, -0.15) is 8.61 Å². The molecule has 4 atom stereocenters. The number of urea groups is 2. The van der Waals surface area contributed by atoms with E-state index in [1.165, 1.54) is 8.61 Å². The second-order valence-corrected chi connectivity index (χ2v) is 25.7. The second-order valence-electron chi connectivity index (χ2n) is 20.1. The molecule has 8 rings (SSSR count). The molecule has 2 saturated heterocycles. The van der Waals surface area contributed by atoms with Crippen LogP contribution in [0.25, 0.3) is 0 Å². The van der Waals surface area contributed by atoms with E-state index >= 15 is 0 Å². The Morgan fingerprint density at radius 2 is 0.949 bits per heavy atom. The molecule has 0 aromatic heterocycles. The van der Waals surface area contributed by atoms with Crippen LogP contribution in [0.4, 0.5) is 9.59 Å². The predicted octanol–water partition coefficient (Wildman–Crippen LogP) is 7.13. The quantitative estimate of drug-likeness (QED) is 0.0491. The fourth-order valence-corrected chi connectivity index (χ4v) is 14.7. The van der Waals surface area contributed by atoms with Crippen LogP contribution in [0.15, 0.2) is 82.6 Å². The number of hydrogen-bond acceptors (Lipinski definition) is 12. The van der Waals surface area contributed by atoms with Gasteiger partial charge in [0.1, 0.15) is 0 Å². The molecule has 0 saturated carbocycles. The molecule has 0 aliphatic carbocycles. The smallest absolute Gasteiger partial charge is 0.314 e. The first kappa shape index (κ1) is 60.3. The minimum atomic E-state index is -3.76. The van der Waals surface area contributed by atoms with Crippen LogP contribution >= 0.6 is 46.4 Å². The highest BCUT2D eigenvalue weighted by molar-refractivity contribution is 7.89. The van der Waals surface area contributed by atoms with Gasteiger partial charge in [0, 0.05) is 110 Å². The van der Waals surface area contributed by atoms with Crippen molar-refractivity contribution in [1.29, 1.82) is 0 Å². The molecule has 0 radical (unpaired) electrons. The van der Waals surface area contributed by atoms with Gasteiger partial charge in [0.2, 0.25) is 20.0 Å². The first-order chi connectivity index (χ1) is 37.5. The molecule has 78 heavy (non-hydrogen) atoms. The van der Waals surface area contributed by atoms with Crippen molar-refractivity contribution < 1.29 is 45.4 Å². The number of likely N-dealkylation sites (N-methyl/N-ethyl adjacent to an activating group) is 2. The van der Waals surface area contributed by atoms with Gasteiger partial charge in [-0.3, -0.25) is 0 Å². The van der Waals surface area contributed by atoms with Crippen LogP contribution < -0.4 is 21.3 Å². The van der Waals surface area contributed by atoms with Gasteiger partial charge in [-0.25, -0.2) is 26.4 Å². The van der Waals surface area contributed by atoms with Crippen LogP contribution in [-0.4, -0.2) is 179 Å². The lowest BCUT2D eigenvalue weighted by Gasteiger charge is -2.33. The van der Waals surface area contributed by atoms with Crippen LogP contribution in [-0.2, 0) is 52.1 Å². The van der Waals surface area contributed by atoms with Gasteiger partial charge in [-0.1, -0.05) is 70.7 Å². The van der Waals surface area contributed by atoms with Crippen molar-refractivity contribution in [3.63, 3.8) is 0 Å². The van der Waals surface area contributed by atoms with E-state index in [0.29, 0.717) is 124 Å². The zero-order valence-electron chi connectivity index (χ0n) is 44.0. The van der Waals surface area contributed by atoms with Gasteiger partial charge >= 0.3 is 12.1 Å². The van der Waals surface area contributed by atoms with Crippen LogP contribution in [0, 0.1) is 0 Å². The van der Waals surface area contributed by atoms with Gasteiger partial charge in [-0.05, 0) is 122 Å². The first-order valence-corrected chi connectivity index (χ1v) is 30.8. The third-order valence-electron chi connectivity index (χ3n) is 14.4. The van der Waals surface area contributed by atoms with E-state index in [-0.39, 0.29) is 85.4 Å². The van der Waals surface area contributed by atoms with Crippen molar-refractivity contribution >= 4 is 78.5 Å². The first-order valence-electron chi connectivity index (χ1n) is 26.4. The summed E-state index contributed by atoms with van der Waals surface area (Å²) in [6, 6.07) is 20.9. The largest absolute Gasteiger partial charge is 0.377 e. The standard InChI is InChI=1S/C54H70Cl4N8O10S2/c1-63-33-47(45-27-39(55)29-51(57)49(45)35-63)37-7-5-9-43(25-37)77(69,70)65-17-11-41(31-65)75-23-21-73-19-15-61-53(67)59-13-3-4-14-60-54(68)62-16-20-74-22-24-76-42-12-18-66(32-42)78(71,72)44-10-6-8-38(26-44)48-34-64(2)36-50-46(48)28-40(56)30-52(50)58/h5-10,25-30,41-42,47-48H,3-4,11-24,31-36H2,1-2H3,(H2,59,61,67)(H2,60,62,68)/t41-,42?,47-,48-/m0/s1. The number of benzene rings is 4. The summed E-state index contributed by atoms with van der Waals surface area (Å²) in [6.45, 7) is 7.17. The van der Waals surface area contributed by atoms with Crippen LogP contribution in [0.2, 0.25) is 20.1 Å². The Labute approximate surface area is 478 Å². The number of ether oxygens (including phenoxy) is 4. The molecule has 4 aliphatic heterocycles. The number of sulfonamides is 2. The van der Waals surface area contributed by atoms with Gasteiger partial charge in [0.15, 0.2) is 0 Å². The fraction of sp³-hybridized carbons (Fsp3) is 0.519. The molecule has 4 aromatic carbocycles. The zero-order chi connectivity index (χ0) is 55.4. The van der Waals surface area contributed by atoms with E-state index in [1.54, 1.807) is 48.5 Å². The summed E-state index contributed by atoms with van der Waals surface area (Å²) >= 11 is 25.9. The average molecular weight is 1200 g/mol. The van der Waals surface area contributed by atoms with Gasteiger partial charge in [0.25, 0.3) is 0 Å². The van der Waals surface area contributed by atoms with Crippen molar-refractivity contribution in [3.05, 3.63) is 126 Å². The number of unbranched alkanes of at least 4 members (excludes halogenated alkanes) is 1. The van der Waals surface area contributed by atoms with E-state index in [1.807, 2.05) is 38.4 Å². The Morgan fingerprint density at radius 3 is 1.37 bits per heavy atom. The molecule has 2 fully saturated rings. The number of carbonyl (C=O) groups excluding carboxylic acids is 2. The van der Waals surface area contributed by atoms with Crippen molar-refractivity contribution in [3.8, 4) is 0 Å². The van der Waals surface area contributed by atoms with E-state index in [4.69, 9.17) is 65.4 Å². The molecule has 4 heterocycles. The molecule has 0 spiro atoms. The Kier molecular flexibility index (Phi) is 21.8. The highest BCUT2D eigenvalue weighted by Gasteiger charge is 2.36. The minimum absolute atomic E-state index is 0.0843. The summed E-state index contributed by atoms with van der Waals surface area (Å²) < 4.78 is 81.2. The minimum Gasteiger partial charge on any atom is -0.377 e. The van der Waals surface area contributed by atoms with Crippen LogP contribution in [0.3, 0.4) is 0 Å². The van der Waals surface area contributed by atoms with Crippen molar-refractivity contribution in [2.75, 3.05) is 119 Å². The van der Waals surface area contributed by atoms with E-state index < -0.39 is 20.0 Å². The SMILES string of the molecule is CN1Cc2c(Cl)cc(Cl)cc2[C@H](c2cccc(S(=O)(=O)N3CCC(OCCOCCNC(=O)NCCCCNC(=O)NCCOCCO[C@H]4CCN(S(=O)(=O)c5cccc([C@@H]6CN(C)Cc7c(Cl)cc(Cl)cc76)c5)C4)C3)c2)C1. The molecular weight excluding hydrogens is 1130 g/mol. The van der Waals surface area contributed by atoms with Crippen LogP contribution in [0.1, 0.15) is 70.9 Å². The van der Waals surface area contributed by atoms with E-state index in [0.717, 1.165) is 33.4 Å². The lowest BCUT2D eigenvalue weighted by Crippen LogP contribution is -2.39. The second kappa shape index (κ2) is 28.2. The molecule has 24 heteroatoms. The molecule has 4 amide bonds. The molecule has 18 nitrogen and oxygen atoms in total. The summed E-state index contributed by atoms with van der Waals surface area (Å²) in [5.74, 6) is -0.169. The van der Waals surface area contributed by atoms with Crippen LogP contribution in [0.5, 0.6) is 0 Å². The third kappa shape index (κ3) is 16.0. The number of nitrogens with zero attached hydrogens (tertiary/aromatic N) is 4. The molecule has 0 bridgehead atoms. The summed E-state index contributed by atoms with van der Waals surface area (Å²) in [6.07, 6.45) is 1.94. The number of hydrogen-bond donors (Lipinski definition) is 4. The predicted molar refractivity (Wildman–Crippen MR) is 302 cm³/mol. The maximum Gasteiger partial charge on any atom is 0.314 e. The Balaban J connectivity index is 0.608. The monoisotopic (exact) mass is 1190 g/mol. The lowest BCUT2D eigenvalue weighted by atomic mass is 9.85. The molecule has 4 aromatic rings. The van der Waals surface area contributed by atoms with Gasteiger partial charge in [-0.15, -0.1) is 0 Å². The third-order valence-corrected chi connectivity index (χ3v) is 19.2. The van der Waals surface area contributed by atoms with Crippen molar-refractivity contribution in [1.82, 2.24) is 39.7 Å². The topological polar surface area (TPSA) is 200 Å². The Hall–Kier alpha value is -3.84. The molecular formula is C54H70Cl4N8O10S2. The fourth-order valence-electron chi connectivity index (χ4n) is 10.5. The lowest BCUT2D eigenvalue weighted by molar-refractivity contribution is 0.0123. The summed E-state index contributed by atoms with van der Waals surface area (Å²) in [7, 11) is -3.49. The molecule has 1 unspecified atom stereocenters. The molecule has 426 valence electrons. The molecule has 4 aliphatic rings. The van der Waals surface area contributed by atoms with Crippen molar-refractivity contribution in [2.24, 2.45) is 0 Å². The average Bonchev–Trinajstić information content (AvgIpc) is 4.16. The summed E-state index contributed by atoms with van der Waals surface area (Å²) in [4.78, 5) is 29.3. The number of rotatable bonds is 25. The van der Waals surface area contributed by atoms with E-state index in [9.17, 15) is 26.4 Å². The number of fused-ring (bicyclic) bond motifs is 2. The van der Waals surface area contributed by atoms with E-state index in [2.05, 4.69) is 31.1 Å². The zero-order valence-corrected chi connectivity index (χ0v) is 48.7.